The van der Waals surface area contributed by atoms with Crippen molar-refractivity contribution in [2.24, 2.45) is 5.10 Å². The number of amides is 2. The van der Waals surface area contributed by atoms with E-state index in [1.54, 1.807) is 36.4 Å². The van der Waals surface area contributed by atoms with Crippen LogP contribution in [0, 0.1) is 0 Å². The van der Waals surface area contributed by atoms with Gasteiger partial charge in [0.05, 0.1) is 20.4 Å². The second-order valence-electron chi connectivity index (χ2n) is 5.68. The molecule has 2 aromatic rings. The maximum atomic E-state index is 11.9. The first-order valence-electron chi connectivity index (χ1n) is 8.32. The zero-order valence-electron chi connectivity index (χ0n) is 15.4. The number of nitrogens with one attached hydrogen (secondary N) is 2. The highest BCUT2D eigenvalue weighted by molar-refractivity contribution is 6.35. The molecule has 1 heterocycles. The summed E-state index contributed by atoms with van der Waals surface area (Å²) >= 11 is 0. The summed E-state index contributed by atoms with van der Waals surface area (Å²) in [4.78, 5) is 23.8. The fourth-order valence-electron chi connectivity index (χ4n) is 2.47. The first-order chi connectivity index (χ1) is 13.6. The van der Waals surface area contributed by atoms with E-state index in [1.807, 2.05) is 0 Å². The van der Waals surface area contributed by atoms with Crippen LogP contribution in [0.15, 0.2) is 41.5 Å². The van der Waals surface area contributed by atoms with Crippen LogP contribution < -0.4 is 29.7 Å². The molecule has 0 bridgehead atoms. The molecule has 28 heavy (non-hydrogen) atoms. The minimum Gasteiger partial charge on any atom is -0.497 e. The Kier molecular flexibility index (Phi) is 5.95. The largest absolute Gasteiger partial charge is 0.497 e. The number of hydrogen-bond donors (Lipinski definition) is 2. The summed E-state index contributed by atoms with van der Waals surface area (Å²) in [5, 5.41) is 6.30. The SMILES string of the molecule is COc1ccc(OC)c(/C=N/NC(=O)C(=O)NCc2ccc3c(c2)OCO3)c1. The molecule has 1 aliphatic heterocycles. The van der Waals surface area contributed by atoms with Crippen molar-refractivity contribution in [1.29, 1.82) is 0 Å². The molecule has 2 aromatic carbocycles. The third kappa shape index (κ3) is 4.50. The van der Waals surface area contributed by atoms with Crippen LogP contribution in [0.25, 0.3) is 0 Å². The van der Waals surface area contributed by atoms with E-state index in [2.05, 4.69) is 15.8 Å². The van der Waals surface area contributed by atoms with Crippen molar-refractivity contribution in [3.63, 3.8) is 0 Å². The Labute approximate surface area is 161 Å². The standard InChI is InChI=1S/C19H19N3O6/c1-25-14-4-6-15(26-2)13(8-14)10-21-22-19(24)18(23)20-9-12-3-5-16-17(7-12)28-11-27-16/h3-8,10H,9,11H2,1-2H3,(H,20,23)(H,22,24)/b21-10+. The highest BCUT2D eigenvalue weighted by atomic mass is 16.7. The van der Waals surface area contributed by atoms with E-state index in [1.165, 1.54) is 20.4 Å². The molecule has 9 nitrogen and oxygen atoms in total. The molecule has 0 spiro atoms. The fourth-order valence-corrected chi connectivity index (χ4v) is 2.47. The average molecular weight is 385 g/mol. The fraction of sp³-hybridized carbons (Fsp3) is 0.211. The van der Waals surface area contributed by atoms with Crippen LogP contribution in [0.5, 0.6) is 23.0 Å². The van der Waals surface area contributed by atoms with Crippen LogP contribution in [0.2, 0.25) is 0 Å². The molecule has 0 radical (unpaired) electrons. The molecule has 0 atom stereocenters. The lowest BCUT2D eigenvalue weighted by Gasteiger charge is -2.07. The molecule has 0 fully saturated rings. The van der Waals surface area contributed by atoms with E-state index in [-0.39, 0.29) is 13.3 Å². The van der Waals surface area contributed by atoms with Gasteiger partial charge in [-0.05, 0) is 35.9 Å². The Morgan fingerprint density at radius 2 is 1.89 bits per heavy atom. The molecule has 0 saturated heterocycles. The number of ether oxygens (including phenoxy) is 4. The molecule has 9 heteroatoms. The number of benzene rings is 2. The monoisotopic (exact) mass is 385 g/mol. The van der Waals surface area contributed by atoms with Gasteiger partial charge in [-0.25, -0.2) is 5.43 Å². The lowest BCUT2D eigenvalue weighted by molar-refractivity contribution is -0.139. The van der Waals surface area contributed by atoms with Gasteiger partial charge in [-0.1, -0.05) is 6.07 Å². The zero-order valence-corrected chi connectivity index (χ0v) is 15.4. The molecule has 0 unspecified atom stereocenters. The van der Waals surface area contributed by atoms with Gasteiger partial charge in [0.25, 0.3) is 0 Å². The van der Waals surface area contributed by atoms with Gasteiger partial charge in [-0.15, -0.1) is 0 Å². The molecule has 2 amide bonds. The molecular weight excluding hydrogens is 366 g/mol. The normalized spacial score (nSPS) is 11.9. The van der Waals surface area contributed by atoms with E-state index in [9.17, 15) is 9.59 Å². The molecule has 2 N–H and O–H groups in total. The highest BCUT2D eigenvalue weighted by Crippen LogP contribution is 2.32. The Balaban J connectivity index is 1.53. The topological polar surface area (TPSA) is 107 Å². The van der Waals surface area contributed by atoms with Crippen molar-refractivity contribution in [3.8, 4) is 23.0 Å². The summed E-state index contributed by atoms with van der Waals surface area (Å²) in [6.07, 6.45) is 1.37. The van der Waals surface area contributed by atoms with Crippen molar-refractivity contribution < 1.29 is 28.5 Å². The van der Waals surface area contributed by atoms with Gasteiger partial charge in [0, 0.05) is 12.1 Å². The van der Waals surface area contributed by atoms with Gasteiger partial charge in [-0.2, -0.15) is 5.10 Å². The van der Waals surface area contributed by atoms with Gasteiger partial charge in [0.2, 0.25) is 6.79 Å². The van der Waals surface area contributed by atoms with E-state index >= 15 is 0 Å². The predicted octanol–water partition coefficient (Wildman–Crippen LogP) is 1.20. The van der Waals surface area contributed by atoms with Crippen LogP contribution in [0.4, 0.5) is 0 Å². The lowest BCUT2D eigenvalue weighted by Crippen LogP contribution is -2.37. The Hall–Kier alpha value is -3.75. The minimum atomic E-state index is -0.890. The van der Waals surface area contributed by atoms with Gasteiger partial charge >= 0.3 is 11.8 Å². The van der Waals surface area contributed by atoms with E-state index in [4.69, 9.17) is 18.9 Å². The van der Waals surface area contributed by atoms with E-state index in [0.717, 1.165) is 5.56 Å². The third-order valence-corrected chi connectivity index (χ3v) is 3.90. The maximum Gasteiger partial charge on any atom is 0.329 e. The Morgan fingerprint density at radius 3 is 2.68 bits per heavy atom. The average Bonchev–Trinajstić information content (AvgIpc) is 3.19. The molecule has 0 aromatic heterocycles. The third-order valence-electron chi connectivity index (χ3n) is 3.90. The number of hydrazone groups is 1. The van der Waals surface area contributed by atoms with Crippen LogP contribution in [0.3, 0.4) is 0 Å². The number of rotatable bonds is 6. The lowest BCUT2D eigenvalue weighted by atomic mass is 10.2. The predicted molar refractivity (Wildman–Crippen MR) is 99.7 cm³/mol. The number of carbonyl (C=O) groups excluding carboxylic acids is 2. The molecule has 1 aliphatic rings. The van der Waals surface area contributed by atoms with Crippen molar-refractivity contribution in [3.05, 3.63) is 47.5 Å². The zero-order chi connectivity index (χ0) is 19.9. The summed E-state index contributed by atoms with van der Waals surface area (Å²) in [5.41, 5.74) is 3.53. The molecular formula is C19H19N3O6. The van der Waals surface area contributed by atoms with Crippen LogP contribution in [-0.2, 0) is 16.1 Å². The Morgan fingerprint density at radius 1 is 1.07 bits per heavy atom. The second-order valence-corrected chi connectivity index (χ2v) is 5.68. The summed E-state index contributed by atoms with van der Waals surface area (Å²) in [6, 6.07) is 10.4. The van der Waals surface area contributed by atoms with Crippen molar-refractivity contribution in [2.45, 2.75) is 6.54 Å². The van der Waals surface area contributed by atoms with Crippen molar-refractivity contribution in [1.82, 2.24) is 10.7 Å². The van der Waals surface area contributed by atoms with Crippen molar-refractivity contribution >= 4 is 18.0 Å². The van der Waals surface area contributed by atoms with Gasteiger partial charge in [-0.3, -0.25) is 9.59 Å². The summed E-state index contributed by atoms with van der Waals surface area (Å²) in [7, 11) is 3.05. The summed E-state index contributed by atoms with van der Waals surface area (Å²) in [6.45, 7) is 0.333. The quantitative estimate of drug-likeness (QED) is 0.440. The molecule has 146 valence electrons. The summed E-state index contributed by atoms with van der Waals surface area (Å²) < 4.78 is 20.8. The molecule has 0 saturated carbocycles. The van der Waals surface area contributed by atoms with E-state index in [0.29, 0.717) is 28.6 Å². The van der Waals surface area contributed by atoms with Gasteiger partial charge in [0.1, 0.15) is 11.5 Å². The minimum absolute atomic E-state index is 0.163. The highest BCUT2D eigenvalue weighted by Gasteiger charge is 2.15. The molecule has 3 rings (SSSR count). The van der Waals surface area contributed by atoms with E-state index < -0.39 is 11.8 Å². The maximum absolute atomic E-state index is 11.9. The van der Waals surface area contributed by atoms with Crippen LogP contribution in [0.1, 0.15) is 11.1 Å². The van der Waals surface area contributed by atoms with Crippen molar-refractivity contribution in [2.75, 3.05) is 21.0 Å². The van der Waals surface area contributed by atoms with Gasteiger partial charge < -0.3 is 24.3 Å². The number of carbonyl (C=O) groups is 2. The first kappa shape index (κ1) is 19.0. The second kappa shape index (κ2) is 8.76. The number of methoxy groups -OCH3 is 2. The smallest absolute Gasteiger partial charge is 0.329 e. The number of hydrogen-bond acceptors (Lipinski definition) is 7. The number of nitrogens with zero attached hydrogens (tertiary/aromatic N) is 1. The van der Waals surface area contributed by atoms with Gasteiger partial charge in [0.15, 0.2) is 11.5 Å². The first-order valence-corrected chi connectivity index (χ1v) is 8.32. The van der Waals surface area contributed by atoms with Crippen LogP contribution in [-0.4, -0.2) is 39.0 Å². The van der Waals surface area contributed by atoms with Crippen LogP contribution >= 0.6 is 0 Å². The Bertz CT molecular complexity index is 913. The number of fused-ring (bicyclic) bond motifs is 1. The summed E-state index contributed by atoms with van der Waals surface area (Å²) in [5.74, 6) is 0.704. The molecule has 0 aliphatic carbocycles.